The number of nitrogens with one attached hydrogen (secondary N) is 2. The summed E-state index contributed by atoms with van der Waals surface area (Å²) in [6.45, 7) is 3.78. The Morgan fingerprint density at radius 1 is 1.30 bits per heavy atom. The van der Waals surface area contributed by atoms with Gasteiger partial charge in [0, 0.05) is 17.3 Å². The van der Waals surface area contributed by atoms with Gasteiger partial charge in [0.15, 0.2) is 0 Å². The minimum absolute atomic E-state index is 0.0172. The Kier molecular flexibility index (Phi) is 4.42. The zero-order valence-electron chi connectivity index (χ0n) is 11.9. The molecular weight excluding hydrogens is 258 g/mol. The van der Waals surface area contributed by atoms with Crippen LogP contribution in [0.2, 0.25) is 0 Å². The molecular formula is C14H21N3O3. The normalized spacial score (nSPS) is 22.5. The number of aliphatic carboxylic acids is 1. The van der Waals surface area contributed by atoms with Crippen LogP contribution in [0.4, 0.5) is 0 Å². The molecule has 1 fully saturated rings. The molecule has 1 amide bonds. The molecule has 2 rings (SSSR count). The van der Waals surface area contributed by atoms with Gasteiger partial charge in [-0.15, -0.1) is 0 Å². The second-order valence-electron chi connectivity index (χ2n) is 5.54. The first-order valence-corrected chi connectivity index (χ1v) is 7.00. The number of carboxylic acids is 1. The third kappa shape index (κ3) is 3.37. The third-order valence-corrected chi connectivity index (χ3v) is 4.06. The fourth-order valence-corrected chi connectivity index (χ4v) is 2.76. The van der Waals surface area contributed by atoms with Gasteiger partial charge >= 0.3 is 5.97 Å². The van der Waals surface area contributed by atoms with Crippen LogP contribution in [0.3, 0.4) is 0 Å². The number of H-pyrrole nitrogens is 1. The standard InChI is InChI=1S/C14H21N3O3/c1-8-12(9(2)17-16-8)7-13(18)15-11-5-3-10(4-6-11)14(19)20/h10-11H,3-7H2,1-2H3,(H,15,18)(H,16,17)(H,19,20). The van der Waals surface area contributed by atoms with Crippen LogP contribution in [0, 0.1) is 19.8 Å². The van der Waals surface area contributed by atoms with Gasteiger partial charge < -0.3 is 10.4 Å². The Hall–Kier alpha value is -1.85. The van der Waals surface area contributed by atoms with Crippen molar-refractivity contribution in [3.8, 4) is 0 Å². The zero-order chi connectivity index (χ0) is 14.7. The maximum Gasteiger partial charge on any atom is 0.306 e. The number of carbonyl (C=O) groups is 2. The van der Waals surface area contributed by atoms with Gasteiger partial charge in [-0.05, 0) is 39.5 Å². The van der Waals surface area contributed by atoms with Gasteiger partial charge in [0.1, 0.15) is 0 Å². The fourth-order valence-electron chi connectivity index (χ4n) is 2.76. The fraction of sp³-hybridized carbons (Fsp3) is 0.643. The molecule has 0 radical (unpaired) electrons. The number of aromatic amines is 1. The number of aromatic nitrogens is 2. The Morgan fingerprint density at radius 3 is 2.45 bits per heavy atom. The zero-order valence-corrected chi connectivity index (χ0v) is 11.9. The van der Waals surface area contributed by atoms with Crippen molar-refractivity contribution in [1.29, 1.82) is 0 Å². The van der Waals surface area contributed by atoms with Gasteiger partial charge in [0.05, 0.1) is 18.0 Å². The molecule has 110 valence electrons. The minimum atomic E-state index is -0.723. The van der Waals surface area contributed by atoms with E-state index in [0.717, 1.165) is 29.8 Å². The van der Waals surface area contributed by atoms with Crippen molar-refractivity contribution in [1.82, 2.24) is 15.5 Å². The maximum absolute atomic E-state index is 12.0. The molecule has 3 N–H and O–H groups in total. The first-order chi connectivity index (χ1) is 9.47. The van der Waals surface area contributed by atoms with Gasteiger partial charge in [0.2, 0.25) is 5.91 Å². The number of hydrogen-bond acceptors (Lipinski definition) is 3. The lowest BCUT2D eigenvalue weighted by Gasteiger charge is -2.26. The monoisotopic (exact) mass is 279 g/mol. The molecule has 0 bridgehead atoms. The summed E-state index contributed by atoms with van der Waals surface area (Å²) < 4.78 is 0. The highest BCUT2D eigenvalue weighted by Gasteiger charge is 2.26. The van der Waals surface area contributed by atoms with Crippen LogP contribution >= 0.6 is 0 Å². The van der Waals surface area contributed by atoms with Crippen LogP contribution in [0.15, 0.2) is 0 Å². The Bertz CT molecular complexity index is 482. The molecule has 0 aliphatic heterocycles. The maximum atomic E-state index is 12.0. The van der Waals surface area contributed by atoms with Crippen molar-refractivity contribution in [2.75, 3.05) is 0 Å². The topological polar surface area (TPSA) is 95.1 Å². The van der Waals surface area contributed by atoms with Gasteiger partial charge in [-0.1, -0.05) is 0 Å². The Labute approximate surface area is 118 Å². The number of amides is 1. The highest BCUT2D eigenvalue weighted by Crippen LogP contribution is 2.24. The molecule has 0 spiro atoms. The number of nitrogens with zero attached hydrogens (tertiary/aromatic N) is 1. The minimum Gasteiger partial charge on any atom is -0.481 e. The molecule has 20 heavy (non-hydrogen) atoms. The summed E-state index contributed by atoms with van der Waals surface area (Å²) in [5.74, 6) is -0.989. The highest BCUT2D eigenvalue weighted by atomic mass is 16.4. The van der Waals surface area contributed by atoms with Crippen molar-refractivity contribution >= 4 is 11.9 Å². The Balaban J connectivity index is 1.83. The molecule has 0 aromatic carbocycles. The summed E-state index contributed by atoms with van der Waals surface area (Å²) in [4.78, 5) is 22.9. The largest absolute Gasteiger partial charge is 0.481 e. The molecule has 1 aliphatic carbocycles. The lowest BCUT2D eigenvalue weighted by atomic mass is 9.86. The van der Waals surface area contributed by atoms with Crippen molar-refractivity contribution < 1.29 is 14.7 Å². The van der Waals surface area contributed by atoms with E-state index in [0.29, 0.717) is 19.3 Å². The number of rotatable bonds is 4. The van der Waals surface area contributed by atoms with Crippen LogP contribution in [0.5, 0.6) is 0 Å². The van der Waals surface area contributed by atoms with Gasteiger partial charge in [-0.2, -0.15) is 5.10 Å². The first-order valence-electron chi connectivity index (χ1n) is 7.00. The van der Waals surface area contributed by atoms with E-state index in [9.17, 15) is 9.59 Å². The summed E-state index contributed by atoms with van der Waals surface area (Å²) in [5, 5.41) is 18.9. The second-order valence-corrected chi connectivity index (χ2v) is 5.54. The van der Waals surface area contributed by atoms with E-state index in [1.54, 1.807) is 0 Å². The molecule has 0 saturated heterocycles. The molecule has 1 heterocycles. The highest BCUT2D eigenvalue weighted by molar-refractivity contribution is 5.79. The molecule has 0 unspecified atom stereocenters. The number of carboxylic acid groups (broad SMARTS) is 1. The molecule has 1 aromatic rings. The average Bonchev–Trinajstić information content (AvgIpc) is 2.71. The molecule has 1 saturated carbocycles. The Morgan fingerprint density at radius 2 is 1.95 bits per heavy atom. The first kappa shape index (κ1) is 14.6. The van der Waals surface area contributed by atoms with E-state index < -0.39 is 5.97 Å². The summed E-state index contributed by atoms with van der Waals surface area (Å²) in [5.41, 5.74) is 2.72. The summed E-state index contributed by atoms with van der Waals surface area (Å²) in [7, 11) is 0. The van der Waals surface area contributed by atoms with E-state index in [-0.39, 0.29) is 17.9 Å². The molecule has 6 nitrogen and oxygen atoms in total. The lowest BCUT2D eigenvalue weighted by molar-refractivity contribution is -0.142. The second kappa shape index (κ2) is 6.07. The van der Waals surface area contributed by atoms with Crippen LogP contribution in [0.1, 0.15) is 42.6 Å². The predicted molar refractivity (Wildman–Crippen MR) is 73.3 cm³/mol. The number of carbonyl (C=O) groups excluding carboxylic acids is 1. The van der Waals surface area contributed by atoms with Crippen LogP contribution < -0.4 is 5.32 Å². The SMILES string of the molecule is Cc1n[nH]c(C)c1CC(=O)NC1CCC(C(=O)O)CC1. The van der Waals surface area contributed by atoms with E-state index in [4.69, 9.17) is 5.11 Å². The summed E-state index contributed by atoms with van der Waals surface area (Å²) in [6, 6.07) is 0.102. The van der Waals surface area contributed by atoms with E-state index >= 15 is 0 Å². The lowest BCUT2D eigenvalue weighted by Crippen LogP contribution is -2.39. The van der Waals surface area contributed by atoms with E-state index in [1.807, 2.05) is 13.8 Å². The molecule has 1 aliphatic rings. The quantitative estimate of drug-likeness (QED) is 0.774. The smallest absolute Gasteiger partial charge is 0.306 e. The third-order valence-electron chi connectivity index (χ3n) is 4.06. The van der Waals surface area contributed by atoms with E-state index in [1.165, 1.54) is 0 Å². The van der Waals surface area contributed by atoms with Crippen molar-refractivity contribution in [2.24, 2.45) is 5.92 Å². The summed E-state index contributed by atoms with van der Waals surface area (Å²) >= 11 is 0. The average molecular weight is 279 g/mol. The van der Waals surface area contributed by atoms with Gasteiger partial charge in [-0.3, -0.25) is 14.7 Å². The molecule has 6 heteroatoms. The summed E-state index contributed by atoms with van der Waals surface area (Å²) in [6.07, 6.45) is 3.10. The van der Waals surface area contributed by atoms with Gasteiger partial charge in [-0.25, -0.2) is 0 Å². The van der Waals surface area contributed by atoms with Gasteiger partial charge in [0.25, 0.3) is 0 Å². The molecule has 1 aromatic heterocycles. The van der Waals surface area contributed by atoms with E-state index in [2.05, 4.69) is 15.5 Å². The van der Waals surface area contributed by atoms with Crippen LogP contribution in [-0.2, 0) is 16.0 Å². The van der Waals surface area contributed by atoms with Crippen molar-refractivity contribution in [2.45, 2.75) is 52.0 Å². The number of hydrogen-bond donors (Lipinski definition) is 3. The molecule has 0 atom stereocenters. The van der Waals surface area contributed by atoms with Crippen molar-refractivity contribution in [3.63, 3.8) is 0 Å². The van der Waals surface area contributed by atoms with Crippen LogP contribution in [-0.4, -0.2) is 33.2 Å². The predicted octanol–water partition coefficient (Wildman–Crippen LogP) is 1.33. The van der Waals surface area contributed by atoms with Crippen LogP contribution in [0.25, 0.3) is 0 Å². The van der Waals surface area contributed by atoms with Crippen molar-refractivity contribution in [3.05, 3.63) is 17.0 Å². The number of aryl methyl sites for hydroxylation is 2.